The van der Waals surface area contributed by atoms with Gasteiger partial charge in [-0.05, 0) is 44.0 Å². The molecule has 1 aromatic rings. The Kier molecular flexibility index (Phi) is 4.15. The van der Waals surface area contributed by atoms with E-state index in [1.165, 1.54) is 16.7 Å². The van der Waals surface area contributed by atoms with Crippen molar-refractivity contribution in [3.63, 3.8) is 0 Å². The van der Waals surface area contributed by atoms with Crippen molar-refractivity contribution in [2.45, 2.75) is 33.7 Å². The number of benzene rings is 1. The molecule has 1 rings (SSSR count). The first kappa shape index (κ1) is 12.1. The number of ether oxygens (including phenoxy) is 1. The van der Waals surface area contributed by atoms with E-state index in [4.69, 9.17) is 4.74 Å². The van der Waals surface area contributed by atoms with Crippen LogP contribution in [0.1, 0.15) is 36.6 Å². The smallest absolute Gasteiger partial charge is 0.124 e. The molecule has 1 unspecified atom stereocenters. The Labute approximate surface area is 92.6 Å². The third-order valence-electron chi connectivity index (χ3n) is 2.70. The molecule has 0 aromatic heterocycles. The topological polar surface area (TPSA) is 21.3 Å². The number of nitrogens with one attached hydrogen (secondary N) is 1. The fourth-order valence-electron chi connectivity index (χ4n) is 1.98. The van der Waals surface area contributed by atoms with Crippen LogP contribution in [-0.2, 0) is 0 Å². The van der Waals surface area contributed by atoms with Crippen LogP contribution in [0.25, 0.3) is 0 Å². The molecule has 0 aliphatic heterocycles. The Bertz CT molecular complexity index is 310. The number of rotatable bonds is 4. The lowest BCUT2D eigenvalue weighted by molar-refractivity contribution is 0.408. The maximum atomic E-state index is 5.35. The second-order valence-electron chi connectivity index (χ2n) is 3.97. The summed E-state index contributed by atoms with van der Waals surface area (Å²) in [5, 5.41) is 3.41. The normalized spacial score (nSPS) is 12.6. The van der Waals surface area contributed by atoms with Crippen LogP contribution in [0.3, 0.4) is 0 Å². The van der Waals surface area contributed by atoms with E-state index in [0.717, 1.165) is 12.3 Å². The SMILES string of the molecule is CCNC(C)c1cc(C)c(OC)c(C)c1. The van der Waals surface area contributed by atoms with Gasteiger partial charge in [-0.2, -0.15) is 0 Å². The van der Waals surface area contributed by atoms with Crippen LogP contribution < -0.4 is 10.1 Å². The highest BCUT2D eigenvalue weighted by atomic mass is 16.5. The van der Waals surface area contributed by atoms with Gasteiger partial charge in [0, 0.05) is 6.04 Å². The summed E-state index contributed by atoms with van der Waals surface area (Å²) in [6.45, 7) is 9.48. The Balaban J connectivity index is 3.02. The van der Waals surface area contributed by atoms with Crippen molar-refractivity contribution in [1.82, 2.24) is 5.32 Å². The largest absolute Gasteiger partial charge is 0.496 e. The molecular formula is C13H21NO. The van der Waals surface area contributed by atoms with Crippen LogP contribution in [-0.4, -0.2) is 13.7 Å². The quantitative estimate of drug-likeness (QED) is 0.819. The summed E-state index contributed by atoms with van der Waals surface area (Å²) < 4.78 is 5.35. The minimum atomic E-state index is 0.401. The second kappa shape index (κ2) is 5.17. The molecule has 0 bridgehead atoms. The van der Waals surface area contributed by atoms with Gasteiger partial charge >= 0.3 is 0 Å². The van der Waals surface area contributed by atoms with Crippen LogP contribution in [0.5, 0.6) is 5.75 Å². The summed E-state index contributed by atoms with van der Waals surface area (Å²) in [4.78, 5) is 0. The number of methoxy groups -OCH3 is 1. The molecule has 84 valence electrons. The zero-order valence-electron chi connectivity index (χ0n) is 10.3. The zero-order chi connectivity index (χ0) is 11.4. The average Bonchev–Trinajstić information content (AvgIpc) is 2.17. The molecule has 1 aromatic carbocycles. The monoisotopic (exact) mass is 207 g/mol. The molecule has 0 spiro atoms. The molecule has 1 N–H and O–H groups in total. The summed E-state index contributed by atoms with van der Waals surface area (Å²) in [5.74, 6) is 1.00. The van der Waals surface area contributed by atoms with Gasteiger partial charge in [-0.15, -0.1) is 0 Å². The van der Waals surface area contributed by atoms with Gasteiger partial charge in [0.2, 0.25) is 0 Å². The Hall–Kier alpha value is -1.02. The van der Waals surface area contributed by atoms with Crippen LogP contribution in [0.2, 0.25) is 0 Å². The van der Waals surface area contributed by atoms with Gasteiger partial charge in [-0.1, -0.05) is 19.1 Å². The van der Waals surface area contributed by atoms with Gasteiger partial charge in [-0.25, -0.2) is 0 Å². The molecule has 2 heteroatoms. The molecular weight excluding hydrogens is 186 g/mol. The maximum Gasteiger partial charge on any atom is 0.124 e. The summed E-state index contributed by atoms with van der Waals surface area (Å²) in [6.07, 6.45) is 0. The van der Waals surface area contributed by atoms with Crippen LogP contribution in [0.4, 0.5) is 0 Å². The number of hydrogen-bond donors (Lipinski definition) is 1. The molecule has 0 fully saturated rings. The molecule has 0 amide bonds. The predicted octanol–water partition coefficient (Wildman–Crippen LogP) is 2.98. The van der Waals surface area contributed by atoms with E-state index in [0.29, 0.717) is 6.04 Å². The van der Waals surface area contributed by atoms with Gasteiger partial charge in [0.15, 0.2) is 0 Å². The van der Waals surface area contributed by atoms with Crippen molar-refractivity contribution in [2.75, 3.05) is 13.7 Å². The number of aryl methyl sites for hydroxylation is 2. The third-order valence-corrected chi connectivity index (χ3v) is 2.70. The maximum absolute atomic E-state index is 5.35. The van der Waals surface area contributed by atoms with Crippen molar-refractivity contribution < 1.29 is 4.74 Å². The highest BCUT2D eigenvalue weighted by Gasteiger charge is 2.09. The van der Waals surface area contributed by atoms with Crippen molar-refractivity contribution in [3.8, 4) is 5.75 Å². The minimum Gasteiger partial charge on any atom is -0.496 e. The summed E-state index contributed by atoms with van der Waals surface area (Å²) >= 11 is 0. The molecule has 2 nitrogen and oxygen atoms in total. The Morgan fingerprint density at radius 2 is 1.80 bits per heavy atom. The van der Waals surface area contributed by atoms with E-state index in [1.807, 2.05) is 0 Å². The molecule has 0 heterocycles. The van der Waals surface area contributed by atoms with Crippen LogP contribution in [0, 0.1) is 13.8 Å². The van der Waals surface area contributed by atoms with Crippen LogP contribution in [0.15, 0.2) is 12.1 Å². The fourth-order valence-corrected chi connectivity index (χ4v) is 1.98. The van der Waals surface area contributed by atoms with Crippen molar-refractivity contribution >= 4 is 0 Å². The molecule has 0 aliphatic rings. The van der Waals surface area contributed by atoms with E-state index in [9.17, 15) is 0 Å². The molecule has 15 heavy (non-hydrogen) atoms. The fraction of sp³-hybridized carbons (Fsp3) is 0.538. The first-order valence-corrected chi connectivity index (χ1v) is 5.48. The lowest BCUT2D eigenvalue weighted by Crippen LogP contribution is -2.18. The second-order valence-corrected chi connectivity index (χ2v) is 3.97. The van der Waals surface area contributed by atoms with Gasteiger partial charge in [0.05, 0.1) is 7.11 Å². The molecule has 1 atom stereocenters. The van der Waals surface area contributed by atoms with Crippen molar-refractivity contribution in [2.24, 2.45) is 0 Å². The standard InChI is InChI=1S/C13H21NO/c1-6-14-11(4)12-7-9(2)13(15-5)10(3)8-12/h7-8,11,14H,6H2,1-5H3. The first-order valence-electron chi connectivity index (χ1n) is 5.48. The van der Waals surface area contributed by atoms with E-state index < -0.39 is 0 Å². The molecule has 0 saturated carbocycles. The van der Waals surface area contributed by atoms with Gasteiger partial charge in [0.25, 0.3) is 0 Å². The average molecular weight is 207 g/mol. The Morgan fingerprint density at radius 3 is 2.20 bits per heavy atom. The third kappa shape index (κ3) is 2.72. The van der Waals surface area contributed by atoms with E-state index in [2.05, 4.69) is 45.1 Å². The summed E-state index contributed by atoms with van der Waals surface area (Å²) in [5.41, 5.74) is 3.74. The van der Waals surface area contributed by atoms with Crippen molar-refractivity contribution in [3.05, 3.63) is 28.8 Å². The molecule has 0 saturated heterocycles. The summed E-state index contributed by atoms with van der Waals surface area (Å²) in [7, 11) is 1.72. The zero-order valence-corrected chi connectivity index (χ0v) is 10.3. The highest BCUT2D eigenvalue weighted by molar-refractivity contribution is 5.44. The van der Waals surface area contributed by atoms with Crippen LogP contribution >= 0.6 is 0 Å². The van der Waals surface area contributed by atoms with E-state index in [-0.39, 0.29) is 0 Å². The lowest BCUT2D eigenvalue weighted by Gasteiger charge is -2.16. The molecule has 0 radical (unpaired) electrons. The highest BCUT2D eigenvalue weighted by Crippen LogP contribution is 2.26. The minimum absolute atomic E-state index is 0.401. The summed E-state index contributed by atoms with van der Waals surface area (Å²) in [6, 6.07) is 4.79. The first-order chi connectivity index (χ1) is 7.10. The molecule has 0 aliphatic carbocycles. The van der Waals surface area contributed by atoms with Crippen molar-refractivity contribution in [1.29, 1.82) is 0 Å². The van der Waals surface area contributed by atoms with E-state index in [1.54, 1.807) is 7.11 Å². The Morgan fingerprint density at radius 1 is 1.27 bits per heavy atom. The van der Waals surface area contributed by atoms with Gasteiger partial charge in [0.1, 0.15) is 5.75 Å². The predicted molar refractivity (Wildman–Crippen MR) is 64.6 cm³/mol. The van der Waals surface area contributed by atoms with Gasteiger partial charge < -0.3 is 10.1 Å². The van der Waals surface area contributed by atoms with E-state index >= 15 is 0 Å². The van der Waals surface area contributed by atoms with Gasteiger partial charge in [-0.3, -0.25) is 0 Å². The lowest BCUT2D eigenvalue weighted by atomic mass is 10.0. The number of hydrogen-bond acceptors (Lipinski definition) is 2.